The minimum atomic E-state index is 0.364. The molecule has 94 valence electrons. The summed E-state index contributed by atoms with van der Waals surface area (Å²) in [6, 6.07) is 0.630. The molecule has 0 aliphatic carbocycles. The first kappa shape index (κ1) is 13.5. The third-order valence-corrected chi connectivity index (χ3v) is 3.39. The van der Waals surface area contributed by atoms with E-state index in [-0.39, 0.29) is 0 Å². The van der Waals surface area contributed by atoms with E-state index in [0.717, 1.165) is 38.9 Å². The number of hydrogen-bond acceptors (Lipinski definition) is 2. The quantitative estimate of drug-likeness (QED) is 0.721. The normalized spacial score (nSPS) is 18.9. The lowest BCUT2D eigenvalue weighted by Crippen LogP contribution is -2.37. The number of nitrogens with zero attached hydrogens (tertiary/aromatic N) is 1. The average molecular weight is 226 g/mol. The average Bonchev–Trinajstić information content (AvgIpc) is 2.30. The molecule has 0 spiro atoms. The number of likely N-dealkylation sites (tertiary alicyclic amines) is 1. The number of amides is 1. The van der Waals surface area contributed by atoms with Gasteiger partial charge >= 0.3 is 0 Å². The monoisotopic (exact) mass is 226 g/mol. The van der Waals surface area contributed by atoms with E-state index < -0.39 is 0 Å². The van der Waals surface area contributed by atoms with E-state index in [1.54, 1.807) is 0 Å². The number of carbonyl (C=O) groups is 1. The molecule has 0 saturated carbocycles. The smallest absolute Gasteiger partial charge is 0.222 e. The van der Waals surface area contributed by atoms with Crippen molar-refractivity contribution in [2.45, 2.75) is 58.4 Å². The molecule has 1 aliphatic rings. The van der Waals surface area contributed by atoms with E-state index in [4.69, 9.17) is 0 Å². The lowest BCUT2D eigenvalue weighted by atomic mass is 10.1. The zero-order valence-electron chi connectivity index (χ0n) is 10.8. The summed E-state index contributed by atoms with van der Waals surface area (Å²) in [4.78, 5) is 13.6. The second-order valence-corrected chi connectivity index (χ2v) is 4.64. The summed E-state index contributed by atoms with van der Waals surface area (Å²) in [5, 5.41) is 3.48. The van der Waals surface area contributed by atoms with Crippen LogP contribution in [0.5, 0.6) is 0 Å². The fourth-order valence-corrected chi connectivity index (χ4v) is 2.37. The molecule has 0 aromatic rings. The summed E-state index contributed by atoms with van der Waals surface area (Å²) < 4.78 is 0. The lowest BCUT2D eigenvalue weighted by Gasteiger charge is -2.27. The molecule has 1 unspecified atom stereocenters. The first-order valence-electron chi connectivity index (χ1n) is 6.79. The van der Waals surface area contributed by atoms with Gasteiger partial charge in [0, 0.05) is 25.6 Å². The minimum absolute atomic E-state index is 0.364. The van der Waals surface area contributed by atoms with Gasteiger partial charge in [0.05, 0.1) is 0 Å². The molecule has 1 heterocycles. The van der Waals surface area contributed by atoms with Crippen LogP contribution in [0.3, 0.4) is 0 Å². The predicted octanol–water partition coefficient (Wildman–Crippen LogP) is 2.17. The number of piperidine rings is 1. The van der Waals surface area contributed by atoms with Gasteiger partial charge in [-0.2, -0.15) is 0 Å². The van der Waals surface area contributed by atoms with Crippen molar-refractivity contribution in [3.05, 3.63) is 0 Å². The van der Waals surface area contributed by atoms with Crippen LogP contribution in [-0.2, 0) is 4.79 Å². The molecular weight excluding hydrogens is 200 g/mol. The molecule has 1 fully saturated rings. The highest BCUT2D eigenvalue weighted by Crippen LogP contribution is 2.12. The van der Waals surface area contributed by atoms with Crippen LogP contribution in [0.2, 0.25) is 0 Å². The maximum atomic E-state index is 11.6. The van der Waals surface area contributed by atoms with Crippen molar-refractivity contribution < 1.29 is 4.79 Å². The Labute approximate surface area is 99.6 Å². The van der Waals surface area contributed by atoms with Gasteiger partial charge in [0.15, 0.2) is 0 Å². The summed E-state index contributed by atoms with van der Waals surface area (Å²) in [7, 11) is 0. The van der Waals surface area contributed by atoms with Crippen molar-refractivity contribution >= 4 is 5.91 Å². The van der Waals surface area contributed by atoms with Crippen LogP contribution in [-0.4, -0.2) is 36.5 Å². The highest BCUT2D eigenvalue weighted by molar-refractivity contribution is 5.76. The van der Waals surface area contributed by atoms with Gasteiger partial charge in [-0.1, -0.05) is 13.8 Å². The third-order valence-electron chi connectivity index (χ3n) is 3.39. The Kier molecular flexibility index (Phi) is 6.46. The molecule has 1 amide bonds. The fraction of sp³-hybridized carbons (Fsp3) is 0.923. The zero-order chi connectivity index (χ0) is 11.8. The first-order valence-corrected chi connectivity index (χ1v) is 6.79. The molecule has 1 rings (SSSR count). The van der Waals surface area contributed by atoms with Gasteiger partial charge in [-0.25, -0.2) is 0 Å². The molecule has 0 bridgehead atoms. The summed E-state index contributed by atoms with van der Waals surface area (Å²) in [5.74, 6) is 0.364. The van der Waals surface area contributed by atoms with Crippen molar-refractivity contribution in [2.75, 3.05) is 19.6 Å². The van der Waals surface area contributed by atoms with Crippen LogP contribution in [0, 0.1) is 0 Å². The summed E-state index contributed by atoms with van der Waals surface area (Å²) >= 11 is 0. The third kappa shape index (κ3) is 4.52. The molecule has 3 heteroatoms. The van der Waals surface area contributed by atoms with Crippen molar-refractivity contribution in [3.8, 4) is 0 Å². The SMILES string of the molecule is CCNC(CC)CCCN1CCCCC1=O. The summed E-state index contributed by atoms with van der Waals surface area (Å²) in [5.41, 5.74) is 0. The second-order valence-electron chi connectivity index (χ2n) is 4.64. The van der Waals surface area contributed by atoms with Crippen molar-refractivity contribution in [3.63, 3.8) is 0 Å². The minimum Gasteiger partial charge on any atom is -0.343 e. The van der Waals surface area contributed by atoms with E-state index in [1.165, 1.54) is 19.3 Å². The standard InChI is InChI=1S/C13H26N2O/c1-3-12(14-4-2)8-7-11-15-10-6-5-9-13(15)16/h12,14H,3-11H2,1-2H3. The Hall–Kier alpha value is -0.570. The summed E-state index contributed by atoms with van der Waals surface area (Å²) in [6.45, 7) is 7.36. The molecule has 16 heavy (non-hydrogen) atoms. The van der Waals surface area contributed by atoms with E-state index >= 15 is 0 Å². The maximum Gasteiger partial charge on any atom is 0.222 e. The van der Waals surface area contributed by atoms with E-state index in [1.807, 2.05) is 4.90 Å². The fourth-order valence-electron chi connectivity index (χ4n) is 2.37. The summed E-state index contributed by atoms with van der Waals surface area (Å²) in [6.07, 6.45) is 6.55. The maximum absolute atomic E-state index is 11.6. The molecule has 1 aliphatic heterocycles. The molecule has 1 N–H and O–H groups in total. The van der Waals surface area contributed by atoms with Crippen LogP contribution in [0.4, 0.5) is 0 Å². The van der Waals surface area contributed by atoms with Gasteiger partial charge in [-0.05, 0) is 38.6 Å². The molecule has 0 aromatic carbocycles. The van der Waals surface area contributed by atoms with Crippen LogP contribution < -0.4 is 5.32 Å². The van der Waals surface area contributed by atoms with Crippen molar-refractivity contribution in [1.29, 1.82) is 0 Å². The van der Waals surface area contributed by atoms with E-state index in [0.29, 0.717) is 11.9 Å². The molecule has 1 atom stereocenters. The molecule has 1 saturated heterocycles. The lowest BCUT2D eigenvalue weighted by molar-refractivity contribution is -0.133. The molecule has 3 nitrogen and oxygen atoms in total. The van der Waals surface area contributed by atoms with Crippen molar-refractivity contribution in [2.24, 2.45) is 0 Å². The Balaban J connectivity index is 2.15. The van der Waals surface area contributed by atoms with Gasteiger partial charge in [0.25, 0.3) is 0 Å². The van der Waals surface area contributed by atoms with Gasteiger partial charge in [0.1, 0.15) is 0 Å². The number of carbonyl (C=O) groups excluding carboxylic acids is 1. The van der Waals surface area contributed by atoms with Gasteiger partial charge in [0.2, 0.25) is 5.91 Å². The van der Waals surface area contributed by atoms with Crippen LogP contribution in [0.25, 0.3) is 0 Å². The zero-order valence-corrected chi connectivity index (χ0v) is 10.8. The number of nitrogens with one attached hydrogen (secondary N) is 1. The predicted molar refractivity (Wildman–Crippen MR) is 67.4 cm³/mol. The number of rotatable bonds is 7. The van der Waals surface area contributed by atoms with Gasteiger partial charge < -0.3 is 10.2 Å². The van der Waals surface area contributed by atoms with Crippen LogP contribution >= 0.6 is 0 Å². The Bertz CT molecular complexity index is 206. The van der Waals surface area contributed by atoms with Crippen LogP contribution in [0.15, 0.2) is 0 Å². The molecule has 0 aromatic heterocycles. The Morgan fingerprint density at radius 3 is 2.81 bits per heavy atom. The van der Waals surface area contributed by atoms with Crippen LogP contribution in [0.1, 0.15) is 52.4 Å². The highest BCUT2D eigenvalue weighted by Gasteiger charge is 2.17. The van der Waals surface area contributed by atoms with E-state index in [2.05, 4.69) is 19.2 Å². The number of hydrogen-bond donors (Lipinski definition) is 1. The van der Waals surface area contributed by atoms with Gasteiger partial charge in [-0.3, -0.25) is 4.79 Å². The first-order chi connectivity index (χ1) is 7.77. The molecular formula is C13H26N2O. The Morgan fingerprint density at radius 2 is 2.19 bits per heavy atom. The van der Waals surface area contributed by atoms with Crippen molar-refractivity contribution in [1.82, 2.24) is 10.2 Å². The highest BCUT2D eigenvalue weighted by atomic mass is 16.2. The topological polar surface area (TPSA) is 32.3 Å². The van der Waals surface area contributed by atoms with E-state index in [9.17, 15) is 4.79 Å². The van der Waals surface area contributed by atoms with Gasteiger partial charge in [-0.15, -0.1) is 0 Å². The molecule has 0 radical (unpaired) electrons. The Morgan fingerprint density at radius 1 is 1.38 bits per heavy atom. The largest absolute Gasteiger partial charge is 0.343 e. The second kappa shape index (κ2) is 7.66.